The highest BCUT2D eigenvalue weighted by molar-refractivity contribution is 5.66. The van der Waals surface area contributed by atoms with Crippen LogP contribution in [0, 0.1) is 0 Å². The Kier molecular flexibility index (Phi) is 6.71. The molecule has 1 aromatic carbocycles. The van der Waals surface area contributed by atoms with Crippen molar-refractivity contribution in [1.82, 2.24) is 0 Å². The van der Waals surface area contributed by atoms with Gasteiger partial charge in [0.1, 0.15) is 0 Å². The van der Waals surface area contributed by atoms with Crippen LogP contribution >= 0.6 is 0 Å². The Labute approximate surface area is 122 Å². The molecule has 0 radical (unpaired) electrons. The number of allylic oxidation sites excluding steroid dienone is 3. The van der Waals surface area contributed by atoms with Gasteiger partial charge in [0.2, 0.25) is 0 Å². The molecule has 0 amide bonds. The minimum absolute atomic E-state index is 0.929. The Balaban J connectivity index is 3.01. The van der Waals surface area contributed by atoms with Crippen LogP contribution in [0.15, 0.2) is 51.8 Å². The summed E-state index contributed by atoms with van der Waals surface area (Å²) in [6.07, 6.45) is 4.05. The van der Waals surface area contributed by atoms with Crippen LogP contribution in [0.5, 0.6) is 0 Å². The van der Waals surface area contributed by atoms with E-state index in [9.17, 15) is 0 Å². The molecule has 20 heavy (non-hydrogen) atoms. The van der Waals surface area contributed by atoms with E-state index in [0.29, 0.717) is 0 Å². The molecule has 0 fully saturated rings. The number of anilines is 1. The topological polar surface area (TPSA) is 36.8 Å². The molecule has 0 spiro atoms. The van der Waals surface area contributed by atoms with Gasteiger partial charge in [-0.1, -0.05) is 37.6 Å². The number of hydrogen-bond donors (Lipinski definition) is 1. The van der Waals surface area contributed by atoms with Gasteiger partial charge in [0, 0.05) is 18.3 Å². The third-order valence-corrected chi connectivity index (χ3v) is 3.32. The average Bonchev–Trinajstić information content (AvgIpc) is 2.50. The molecule has 3 heteroatoms. The highest BCUT2D eigenvalue weighted by Gasteiger charge is 2.00. The highest BCUT2D eigenvalue weighted by atomic mass is 15.1. The van der Waals surface area contributed by atoms with E-state index in [1.165, 1.54) is 5.57 Å². The molecule has 0 unspecified atom stereocenters. The van der Waals surface area contributed by atoms with Crippen molar-refractivity contribution in [3.05, 3.63) is 47.2 Å². The van der Waals surface area contributed by atoms with Gasteiger partial charge in [-0.25, -0.2) is 0 Å². The minimum atomic E-state index is 0.929. The second kappa shape index (κ2) is 8.31. The van der Waals surface area contributed by atoms with E-state index in [1.807, 2.05) is 26.1 Å². The smallest absolute Gasteiger partial charge is 0.0889 e. The molecule has 0 heterocycles. The number of rotatable bonds is 6. The lowest BCUT2D eigenvalue weighted by molar-refractivity contribution is 1.00. The van der Waals surface area contributed by atoms with Gasteiger partial charge < -0.3 is 5.32 Å². The number of nitrogens with zero attached hydrogens (tertiary/aromatic N) is 2. The lowest BCUT2D eigenvalue weighted by atomic mass is 10.1. The molecule has 1 rings (SSSR count). The molecule has 1 N–H and O–H groups in total. The maximum atomic E-state index is 4.42. The Hall–Kier alpha value is -1.90. The van der Waals surface area contributed by atoms with Crippen LogP contribution in [-0.2, 0) is 0 Å². The van der Waals surface area contributed by atoms with E-state index in [2.05, 4.69) is 54.5 Å². The van der Waals surface area contributed by atoms with Crippen LogP contribution in [0.3, 0.4) is 0 Å². The molecule has 0 aliphatic heterocycles. The van der Waals surface area contributed by atoms with Crippen molar-refractivity contribution in [3.63, 3.8) is 0 Å². The van der Waals surface area contributed by atoms with Crippen molar-refractivity contribution in [2.24, 2.45) is 10.2 Å². The van der Waals surface area contributed by atoms with Crippen LogP contribution in [0.25, 0.3) is 5.70 Å². The van der Waals surface area contributed by atoms with Crippen molar-refractivity contribution in [3.8, 4) is 0 Å². The van der Waals surface area contributed by atoms with E-state index in [-0.39, 0.29) is 0 Å². The summed E-state index contributed by atoms with van der Waals surface area (Å²) in [5.41, 5.74) is 5.39. The SMILES string of the molecule is CC\C=C(/N=N\C(C)=C(\C)CC)c1ccc(NC)cc1. The predicted octanol–water partition coefficient (Wildman–Crippen LogP) is 5.64. The van der Waals surface area contributed by atoms with Gasteiger partial charge in [0.15, 0.2) is 0 Å². The summed E-state index contributed by atoms with van der Waals surface area (Å²) in [5.74, 6) is 0. The third kappa shape index (κ3) is 4.65. The number of nitrogens with one attached hydrogen (secondary N) is 1. The maximum absolute atomic E-state index is 4.42. The zero-order chi connectivity index (χ0) is 15.0. The summed E-state index contributed by atoms with van der Waals surface area (Å²) in [6, 6.07) is 8.23. The quantitative estimate of drug-likeness (QED) is 0.668. The molecular formula is C17H25N3. The summed E-state index contributed by atoms with van der Waals surface area (Å²) in [6.45, 7) is 8.35. The predicted molar refractivity (Wildman–Crippen MR) is 87.8 cm³/mol. The number of benzene rings is 1. The minimum Gasteiger partial charge on any atom is -0.388 e. The van der Waals surface area contributed by atoms with Crippen molar-refractivity contribution in [1.29, 1.82) is 0 Å². The van der Waals surface area contributed by atoms with Crippen molar-refractivity contribution in [2.75, 3.05) is 12.4 Å². The summed E-state index contributed by atoms with van der Waals surface area (Å²) < 4.78 is 0. The van der Waals surface area contributed by atoms with Crippen LogP contribution in [0.1, 0.15) is 46.1 Å². The zero-order valence-electron chi connectivity index (χ0n) is 13.2. The standard InChI is InChI=1S/C17H25N3/c1-6-8-17(20-19-14(4)13(3)7-2)15-9-11-16(18-5)12-10-15/h8-12,18H,6-7H2,1-5H3/b14-13-,17-8-,20-19-. The second-order valence-electron chi connectivity index (χ2n) is 4.74. The Morgan fingerprint density at radius 1 is 1.10 bits per heavy atom. The summed E-state index contributed by atoms with van der Waals surface area (Å²) >= 11 is 0. The van der Waals surface area contributed by atoms with E-state index in [4.69, 9.17) is 0 Å². The molecule has 0 bridgehead atoms. The zero-order valence-corrected chi connectivity index (χ0v) is 13.2. The molecule has 0 aliphatic rings. The number of hydrogen-bond acceptors (Lipinski definition) is 3. The largest absolute Gasteiger partial charge is 0.388 e. The Morgan fingerprint density at radius 3 is 2.25 bits per heavy atom. The molecule has 1 aromatic rings. The van der Waals surface area contributed by atoms with Gasteiger partial charge in [-0.2, -0.15) is 10.2 Å². The first-order valence-corrected chi connectivity index (χ1v) is 7.18. The highest BCUT2D eigenvalue weighted by Crippen LogP contribution is 2.21. The van der Waals surface area contributed by atoms with Crippen molar-refractivity contribution < 1.29 is 0 Å². The van der Waals surface area contributed by atoms with Crippen LogP contribution in [-0.4, -0.2) is 7.05 Å². The first-order chi connectivity index (χ1) is 9.62. The summed E-state index contributed by atoms with van der Waals surface area (Å²) in [7, 11) is 1.92. The van der Waals surface area contributed by atoms with Gasteiger partial charge in [-0.05, 0) is 38.8 Å². The molecule has 0 atom stereocenters. The van der Waals surface area contributed by atoms with Crippen LogP contribution in [0.4, 0.5) is 5.69 Å². The lowest BCUT2D eigenvalue weighted by Crippen LogP contribution is -1.88. The van der Waals surface area contributed by atoms with E-state index < -0.39 is 0 Å². The second-order valence-corrected chi connectivity index (χ2v) is 4.74. The fraction of sp³-hybridized carbons (Fsp3) is 0.412. The van der Waals surface area contributed by atoms with Crippen LogP contribution < -0.4 is 5.32 Å². The fourth-order valence-corrected chi connectivity index (χ4v) is 1.69. The van der Waals surface area contributed by atoms with Gasteiger partial charge >= 0.3 is 0 Å². The molecular weight excluding hydrogens is 246 g/mol. The maximum Gasteiger partial charge on any atom is 0.0889 e. The average molecular weight is 271 g/mol. The van der Waals surface area contributed by atoms with Crippen LogP contribution in [0.2, 0.25) is 0 Å². The van der Waals surface area contributed by atoms with Gasteiger partial charge in [0.05, 0.1) is 11.4 Å². The lowest BCUT2D eigenvalue weighted by Gasteiger charge is -2.04. The molecule has 0 saturated carbocycles. The Bertz CT molecular complexity index is 508. The van der Waals surface area contributed by atoms with E-state index in [1.54, 1.807) is 0 Å². The molecule has 0 aromatic heterocycles. The van der Waals surface area contributed by atoms with Gasteiger partial charge in [0.25, 0.3) is 0 Å². The fourth-order valence-electron chi connectivity index (χ4n) is 1.69. The van der Waals surface area contributed by atoms with Crippen molar-refractivity contribution in [2.45, 2.75) is 40.5 Å². The first kappa shape index (κ1) is 16.2. The van der Waals surface area contributed by atoms with Gasteiger partial charge in [-0.15, -0.1) is 0 Å². The molecule has 108 valence electrons. The molecule has 0 aliphatic carbocycles. The molecule has 3 nitrogen and oxygen atoms in total. The van der Waals surface area contributed by atoms with Gasteiger partial charge in [-0.3, -0.25) is 0 Å². The summed E-state index contributed by atoms with van der Waals surface area (Å²) in [5, 5.41) is 11.9. The Morgan fingerprint density at radius 2 is 1.75 bits per heavy atom. The first-order valence-electron chi connectivity index (χ1n) is 7.18. The monoisotopic (exact) mass is 271 g/mol. The van der Waals surface area contributed by atoms with Crippen molar-refractivity contribution >= 4 is 11.4 Å². The number of azo groups is 1. The van der Waals surface area contributed by atoms with E-state index in [0.717, 1.165) is 35.5 Å². The van der Waals surface area contributed by atoms with E-state index >= 15 is 0 Å². The third-order valence-electron chi connectivity index (χ3n) is 3.32. The normalized spacial score (nSPS) is 13.6. The summed E-state index contributed by atoms with van der Waals surface area (Å²) in [4.78, 5) is 0. The molecule has 0 saturated heterocycles.